The smallest absolute Gasteiger partial charge is 0.276 e. The molecule has 0 spiro atoms. The molecule has 0 bridgehead atoms. The maximum atomic E-state index is 11.5. The van der Waals surface area contributed by atoms with Gasteiger partial charge in [0.1, 0.15) is 0 Å². The number of aliphatic hydroxyl groups excluding tert-OH is 1. The van der Waals surface area contributed by atoms with Crippen molar-refractivity contribution < 1.29 is 14.7 Å². The fraction of sp³-hybridized carbons (Fsp3) is 0.200. The second-order valence-corrected chi connectivity index (χ2v) is 3.15. The quantitative estimate of drug-likeness (QED) is 0.562. The zero-order valence-corrected chi connectivity index (χ0v) is 8.46. The minimum absolute atomic E-state index is 0.0685. The van der Waals surface area contributed by atoms with Gasteiger partial charge in [-0.15, -0.1) is 0 Å². The molecule has 2 aromatic rings. The number of amides is 1. The van der Waals surface area contributed by atoms with Gasteiger partial charge in [-0.05, 0) is 12.1 Å². The molecule has 0 saturated carbocycles. The second kappa shape index (κ2) is 4.73. The molecule has 2 N–H and O–H groups in total. The summed E-state index contributed by atoms with van der Waals surface area (Å²) in [6.07, 6.45) is 4.96. The molecule has 0 saturated heterocycles. The molecule has 0 aromatic carbocycles. The van der Waals surface area contributed by atoms with Gasteiger partial charge in [-0.25, -0.2) is 10.5 Å². The first-order valence-corrected chi connectivity index (χ1v) is 4.76. The van der Waals surface area contributed by atoms with Crippen molar-refractivity contribution in [3.05, 3.63) is 36.4 Å². The zero-order chi connectivity index (χ0) is 11.4. The van der Waals surface area contributed by atoms with E-state index in [0.29, 0.717) is 5.56 Å². The number of fused-ring (bicyclic) bond motifs is 1. The van der Waals surface area contributed by atoms with Gasteiger partial charge in [0.05, 0.1) is 36.8 Å². The molecule has 0 atom stereocenters. The summed E-state index contributed by atoms with van der Waals surface area (Å²) < 4.78 is 1.74. The Hall–Kier alpha value is -1.92. The van der Waals surface area contributed by atoms with Crippen molar-refractivity contribution >= 4 is 11.4 Å². The lowest BCUT2D eigenvalue weighted by molar-refractivity contribution is 0.0168. The molecule has 6 nitrogen and oxygen atoms in total. The maximum absolute atomic E-state index is 11.5. The van der Waals surface area contributed by atoms with E-state index in [1.54, 1.807) is 35.3 Å². The van der Waals surface area contributed by atoms with Gasteiger partial charge in [-0.1, -0.05) is 0 Å². The molecule has 84 valence electrons. The fourth-order valence-electron chi connectivity index (χ4n) is 1.28. The molecular formula is C10H11N3O3. The third-order valence-corrected chi connectivity index (χ3v) is 2.03. The number of carbonyl (C=O) groups is 1. The van der Waals surface area contributed by atoms with Crippen LogP contribution in [0.5, 0.6) is 0 Å². The highest BCUT2D eigenvalue weighted by atomic mass is 16.7. The van der Waals surface area contributed by atoms with Crippen molar-refractivity contribution in [3.63, 3.8) is 0 Å². The number of aromatic nitrogens is 2. The van der Waals surface area contributed by atoms with Crippen LogP contribution in [0.1, 0.15) is 10.4 Å². The van der Waals surface area contributed by atoms with Gasteiger partial charge in [0.25, 0.3) is 5.91 Å². The van der Waals surface area contributed by atoms with Gasteiger partial charge < -0.3 is 9.51 Å². The van der Waals surface area contributed by atoms with Gasteiger partial charge in [-0.2, -0.15) is 0 Å². The van der Waals surface area contributed by atoms with Crippen LogP contribution in [0, 0.1) is 0 Å². The number of carbonyl (C=O) groups excluding carboxylic acids is 1. The van der Waals surface area contributed by atoms with E-state index >= 15 is 0 Å². The van der Waals surface area contributed by atoms with Crippen molar-refractivity contribution in [1.82, 2.24) is 14.9 Å². The largest absolute Gasteiger partial charge is 0.394 e. The first-order valence-electron chi connectivity index (χ1n) is 4.76. The Labute approximate surface area is 91.4 Å². The maximum Gasteiger partial charge on any atom is 0.276 e. The van der Waals surface area contributed by atoms with Crippen LogP contribution >= 0.6 is 0 Å². The number of hydrogen-bond donors (Lipinski definition) is 2. The van der Waals surface area contributed by atoms with Crippen LogP contribution in [0.3, 0.4) is 0 Å². The standard InChI is InChI=1S/C10H11N3O3/c14-3-4-16-12-10(15)8-1-2-9-5-11-7-13(9)6-8/h1-2,5-7,14H,3-4H2,(H,12,15). The highest BCUT2D eigenvalue weighted by molar-refractivity contribution is 5.93. The molecule has 0 unspecified atom stereocenters. The van der Waals surface area contributed by atoms with E-state index in [9.17, 15) is 4.79 Å². The molecule has 1 amide bonds. The first-order chi connectivity index (χ1) is 7.81. The molecule has 16 heavy (non-hydrogen) atoms. The Morgan fingerprint density at radius 1 is 1.56 bits per heavy atom. The van der Waals surface area contributed by atoms with E-state index in [0.717, 1.165) is 5.52 Å². The number of nitrogens with zero attached hydrogens (tertiary/aromatic N) is 2. The van der Waals surface area contributed by atoms with Gasteiger partial charge in [0.2, 0.25) is 0 Å². The van der Waals surface area contributed by atoms with E-state index in [-0.39, 0.29) is 19.1 Å². The summed E-state index contributed by atoms with van der Waals surface area (Å²) in [5, 5.41) is 8.47. The van der Waals surface area contributed by atoms with Crippen LogP contribution in [0.15, 0.2) is 30.9 Å². The van der Waals surface area contributed by atoms with Crippen molar-refractivity contribution in [3.8, 4) is 0 Å². The summed E-state index contributed by atoms with van der Waals surface area (Å²) in [4.78, 5) is 20.2. The summed E-state index contributed by atoms with van der Waals surface area (Å²) in [5.41, 5.74) is 3.60. The Morgan fingerprint density at radius 2 is 2.44 bits per heavy atom. The minimum atomic E-state index is -0.357. The van der Waals surface area contributed by atoms with E-state index in [4.69, 9.17) is 9.94 Å². The van der Waals surface area contributed by atoms with Crippen molar-refractivity contribution in [2.45, 2.75) is 0 Å². The average molecular weight is 221 g/mol. The van der Waals surface area contributed by atoms with Crippen LogP contribution < -0.4 is 5.48 Å². The van der Waals surface area contributed by atoms with Crippen LogP contribution in [0.25, 0.3) is 5.52 Å². The Bertz CT molecular complexity index is 495. The van der Waals surface area contributed by atoms with E-state index in [2.05, 4.69) is 10.5 Å². The topological polar surface area (TPSA) is 75.9 Å². The van der Waals surface area contributed by atoms with Gasteiger partial charge in [0, 0.05) is 6.20 Å². The number of nitrogens with one attached hydrogen (secondary N) is 1. The monoisotopic (exact) mass is 221 g/mol. The molecule has 2 rings (SSSR count). The number of hydroxylamine groups is 1. The average Bonchev–Trinajstić information content (AvgIpc) is 2.76. The Kier molecular flexibility index (Phi) is 3.13. The van der Waals surface area contributed by atoms with Gasteiger partial charge >= 0.3 is 0 Å². The zero-order valence-electron chi connectivity index (χ0n) is 8.46. The second-order valence-electron chi connectivity index (χ2n) is 3.15. The number of hydrogen-bond acceptors (Lipinski definition) is 4. The van der Waals surface area contributed by atoms with E-state index < -0.39 is 0 Å². The molecule has 0 aliphatic rings. The summed E-state index contributed by atoms with van der Waals surface area (Å²) in [5.74, 6) is -0.357. The third-order valence-electron chi connectivity index (χ3n) is 2.03. The third kappa shape index (κ3) is 2.18. The summed E-state index contributed by atoms with van der Waals surface area (Å²) >= 11 is 0. The molecule has 2 aromatic heterocycles. The molecule has 0 aliphatic heterocycles. The highest BCUT2D eigenvalue weighted by Gasteiger charge is 2.06. The van der Waals surface area contributed by atoms with Gasteiger partial charge in [-0.3, -0.25) is 9.63 Å². The Balaban J connectivity index is 2.10. The predicted octanol–water partition coefficient (Wildman–Crippen LogP) is -0.0120. The lowest BCUT2D eigenvalue weighted by Gasteiger charge is -2.04. The summed E-state index contributed by atoms with van der Waals surface area (Å²) in [6, 6.07) is 3.46. The molecule has 0 fully saturated rings. The van der Waals surface area contributed by atoms with Crippen LogP contribution in [0.4, 0.5) is 0 Å². The fourth-order valence-corrected chi connectivity index (χ4v) is 1.28. The van der Waals surface area contributed by atoms with Crippen LogP contribution in [0.2, 0.25) is 0 Å². The van der Waals surface area contributed by atoms with Crippen LogP contribution in [-0.2, 0) is 4.84 Å². The molecule has 6 heteroatoms. The lowest BCUT2D eigenvalue weighted by Crippen LogP contribution is -2.25. The number of rotatable bonds is 4. The van der Waals surface area contributed by atoms with Crippen molar-refractivity contribution in [2.75, 3.05) is 13.2 Å². The van der Waals surface area contributed by atoms with Gasteiger partial charge in [0.15, 0.2) is 0 Å². The minimum Gasteiger partial charge on any atom is -0.394 e. The number of imidazole rings is 1. The summed E-state index contributed by atoms with van der Waals surface area (Å²) in [6.45, 7) is -0.0695. The SMILES string of the molecule is O=C(NOCCO)c1ccc2cncn2c1. The Morgan fingerprint density at radius 3 is 3.25 bits per heavy atom. The number of aliphatic hydroxyl groups is 1. The highest BCUT2D eigenvalue weighted by Crippen LogP contribution is 2.05. The number of pyridine rings is 1. The molecule has 0 radical (unpaired) electrons. The van der Waals surface area contributed by atoms with E-state index in [1.807, 2.05) is 0 Å². The first kappa shape index (κ1) is 10.6. The van der Waals surface area contributed by atoms with E-state index in [1.165, 1.54) is 0 Å². The molecular weight excluding hydrogens is 210 g/mol. The van der Waals surface area contributed by atoms with Crippen LogP contribution in [-0.4, -0.2) is 33.6 Å². The summed E-state index contributed by atoms with van der Waals surface area (Å²) in [7, 11) is 0. The normalized spacial score (nSPS) is 10.6. The van der Waals surface area contributed by atoms with Crippen molar-refractivity contribution in [2.24, 2.45) is 0 Å². The molecule has 0 aliphatic carbocycles. The molecule has 2 heterocycles. The lowest BCUT2D eigenvalue weighted by atomic mass is 10.2. The predicted molar refractivity (Wildman–Crippen MR) is 55.7 cm³/mol. The van der Waals surface area contributed by atoms with Crippen molar-refractivity contribution in [1.29, 1.82) is 0 Å².